The highest BCUT2D eigenvalue weighted by molar-refractivity contribution is 7.18. The van der Waals surface area contributed by atoms with Gasteiger partial charge in [0.05, 0.1) is 27.1 Å². The zero-order chi connectivity index (χ0) is 29.0. The lowest BCUT2D eigenvalue weighted by Gasteiger charge is -2.32. The van der Waals surface area contributed by atoms with Gasteiger partial charge in [0.15, 0.2) is 0 Å². The van der Waals surface area contributed by atoms with Gasteiger partial charge in [0.25, 0.3) is 11.8 Å². The van der Waals surface area contributed by atoms with Gasteiger partial charge in [-0.05, 0) is 55.0 Å². The molecule has 2 aliphatic rings. The molecule has 0 spiro atoms. The van der Waals surface area contributed by atoms with E-state index in [0.717, 1.165) is 35.1 Å². The van der Waals surface area contributed by atoms with Gasteiger partial charge < -0.3 is 20.3 Å². The number of amides is 3. The number of benzene rings is 1. The highest BCUT2D eigenvalue weighted by atomic mass is 35.5. The number of halogens is 4. The molecule has 1 aliphatic heterocycles. The zero-order valence-corrected chi connectivity index (χ0v) is 23.8. The fourth-order valence-electron chi connectivity index (χ4n) is 4.61. The molecule has 1 saturated heterocycles. The summed E-state index contributed by atoms with van der Waals surface area (Å²) >= 11 is 7.06. The first-order chi connectivity index (χ1) is 18.9. The van der Waals surface area contributed by atoms with Gasteiger partial charge in [-0.1, -0.05) is 25.4 Å². The predicted octanol–water partition coefficient (Wildman–Crippen LogP) is 4.89. The van der Waals surface area contributed by atoms with Crippen LogP contribution in [-0.2, 0) is 20.5 Å². The van der Waals surface area contributed by atoms with Gasteiger partial charge in [-0.2, -0.15) is 13.2 Å². The van der Waals surface area contributed by atoms with E-state index >= 15 is 0 Å². The Labute approximate surface area is 239 Å². The Bertz CT molecular complexity index is 1230. The van der Waals surface area contributed by atoms with Crippen LogP contribution in [0.5, 0.6) is 0 Å². The van der Waals surface area contributed by atoms with Crippen molar-refractivity contribution in [3.05, 3.63) is 45.1 Å². The molecule has 218 valence electrons. The summed E-state index contributed by atoms with van der Waals surface area (Å²) < 4.78 is 47.7. The molecular weight excluding hydrogens is 569 g/mol. The van der Waals surface area contributed by atoms with E-state index in [1.54, 1.807) is 12.1 Å². The molecule has 2 heterocycles. The minimum absolute atomic E-state index is 0.00380. The molecule has 8 nitrogen and oxygen atoms in total. The zero-order valence-electron chi connectivity index (χ0n) is 22.2. The smallest absolute Gasteiger partial charge is 0.370 e. The number of ether oxygens (including phenoxy) is 1. The van der Waals surface area contributed by atoms with Crippen LogP contribution in [0.4, 0.5) is 24.5 Å². The number of nitrogens with zero attached hydrogens (tertiary/aromatic N) is 2. The number of hydrogen-bond acceptors (Lipinski definition) is 6. The van der Waals surface area contributed by atoms with Crippen LogP contribution in [-0.4, -0.2) is 68.1 Å². The number of carbonyl (C=O) groups excluding carboxylic acids is 3. The molecule has 13 heteroatoms. The number of hydrogen-bond donors (Lipinski definition) is 2. The standard InChI is InChI=1S/C27H32ClF3N4O4S/c1-16(2)13-34(14-17-3-4-17)21(12-32-26(38)22-7-8-23(28)40-22)25(37)33-18-5-6-20(19(11-18)27(29,30)31)35-9-10-39-15-24(35)36/h5-8,11,16-17,21H,3-4,9-10,12-15H2,1-2H3,(H,32,38)(H,33,37)/t21-/m1/s1. The molecule has 2 N–H and O–H groups in total. The summed E-state index contributed by atoms with van der Waals surface area (Å²) in [5.74, 6) is -0.842. The number of morpholine rings is 1. The highest BCUT2D eigenvalue weighted by Gasteiger charge is 2.38. The summed E-state index contributed by atoms with van der Waals surface area (Å²) in [7, 11) is 0. The first-order valence-corrected chi connectivity index (χ1v) is 14.3. The van der Waals surface area contributed by atoms with Crippen molar-refractivity contribution < 1.29 is 32.3 Å². The van der Waals surface area contributed by atoms with E-state index in [4.69, 9.17) is 16.3 Å². The molecule has 1 saturated carbocycles. The normalized spacial score (nSPS) is 16.9. The van der Waals surface area contributed by atoms with Gasteiger partial charge in [0, 0.05) is 31.9 Å². The number of nitrogens with one attached hydrogen (secondary N) is 2. The molecular formula is C27H32ClF3N4O4S. The summed E-state index contributed by atoms with van der Waals surface area (Å²) in [6.45, 7) is 5.03. The number of anilines is 2. The van der Waals surface area contributed by atoms with E-state index in [0.29, 0.717) is 28.2 Å². The summed E-state index contributed by atoms with van der Waals surface area (Å²) in [4.78, 5) is 42.0. The molecule has 0 radical (unpaired) electrons. The summed E-state index contributed by atoms with van der Waals surface area (Å²) in [5.41, 5.74) is -1.37. The first kappa shape index (κ1) is 30.3. The van der Waals surface area contributed by atoms with Gasteiger partial charge in [0.2, 0.25) is 5.91 Å². The molecule has 1 aliphatic carbocycles. The monoisotopic (exact) mass is 600 g/mol. The minimum atomic E-state index is -4.76. The van der Waals surface area contributed by atoms with Gasteiger partial charge in [-0.3, -0.25) is 19.3 Å². The Morgan fingerprint density at radius 3 is 2.58 bits per heavy atom. The molecule has 1 atom stereocenters. The molecule has 2 aromatic rings. The van der Waals surface area contributed by atoms with E-state index in [9.17, 15) is 27.6 Å². The Morgan fingerprint density at radius 1 is 1.23 bits per heavy atom. The van der Waals surface area contributed by atoms with Crippen LogP contribution in [0.15, 0.2) is 30.3 Å². The molecule has 40 heavy (non-hydrogen) atoms. The molecule has 2 fully saturated rings. The van der Waals surface area contributed by atoms with Gasteiger partial charge >= 0.3 is 6.18 Å². The van der Waals surface area contributed by atoms with Crippen LogP contribution in [0.25, 0.3) is 0 Å². The van der Waals surface area contributed by atoms with E-state index in [1.165, 1.54) is 12.1 Å². The third-order valence-electron chi connectivity index (χ3n) is 6.63. The van der Waals surface area contributed by atoms with E-state index in [-0.39, 0.29) is 49.5 Å². The predicted molar refractivity (Wildman–Crippen MR) is 148 cm³/mol. The summed E-state index contributed by atoms with van der Waals surface area (Å²) in [5, 5.41) is 5.43. The SMILES string of the molecule is CC(C)CN(CC1CC1)[C@H](CNC(=O)c1ccc(Cl)s1)C(=O)Nc1ccc(N2CCOCC2=O)c(C(F)(F)F)c1. The minimum Gasteiger partial charge on any atom is -0.370 e. The molecule has 1 aromatic carbocycles. The number of carbonyl (C=O) groups is 3. The fourth-order valence-corrected chi connectivity index (χ4v) is 5.56. The lowest BCUT2D eigenvalue weighted by atomic mass is 10.1. The van der Waals surface area contributed by atoms with Gasteiger partial charge in [-0.25, -0.2) is 0 Å². The second-order valence-electron chi connectivity index (χ2n) is 10.4. The lowest BCUT2D eigenvalue weighted by Crippen LogP contribution is -2.52. The van der Waals surface area contributed by atoms with Crippen LogP contribution in [0, 0.1) is 11.8 Å². The second kappa shape index (κ2) is 12.9. The van der Waals surface area contributed by atoms with Crippen LogP contribution < -0.4 is 15.5 Å². The van der Waals surface area contributed by atoms with Crippen LogP contribution in [0.1, 0.15) is 41.9 Å². The number of alkyl halides is 3. The van der Waals surface area contributed by atoms with E-state index in [2.05, 4.69) is 10.6 Å². The third kappa shape index (κ3) is 7.96. The van der Waals surface area contributed by atoms with E-state index in [1.807, 2.05) is 18.7 Å². The van der Waals surface area contributed by atoms with Gasteiger partial charge in [-0.15, -0.1) is 11.3 Å². The van der Waals surface area contributed by atoms with Crippen molar-refractivity contribution in [2.45, 2.75) is 38.9 Å². The summed E-state index contributed by atoms with van der Waals surface area (Å²) in [6, 6.07) is 5.75. The van der Waals surface area contributed by atoms with E-state index < -0.39 is 29.6 Å². The van der Waals surface area contributed by atoms with Crippen LogP contribution in [0.2, 0.25) is 4.34 Å². The first-order valence-electron chi connectivity index (χ1n) is 13.1. The third-order valence-corrected chi connectivity index (χ3v) is 7.86. The van der Waals surface area contributed by atoms with Crippen molar-refractivity contribution in [3.63, 3.8) is 0 Å². The average Bonchev–Trinajstić information content (AvgIpc) is 3.59. The largest absolute Gasteiger partial charge is 0.418 e. The average molecular weight is 601 g/mol. The molecule has 3 amide bonds. The quantitative estimate of drug-likeness (QED) is 0.383. The van der Waals surface area contributed by atoms with Crippen molar-refractivity contribution in [2.75, 3.05) is 49.6 Å². The topological polar surface area (TPSA) is 91.0 Å². The number of thiophene rings is 1. The van der Waals surface area contributed by atoms with Crippen molar-refractivity contribution >= 4 is 52.0 Å². The lowest BCUT2D eigenvalue weighted by molar-refractivity contribution is -0.137. The Kier molecular flexibility index (Phi) is 9.76. The maximum atomic E-state index is 14.1. The van der Waals surface area contributed by atoms with Crippen LogP contribution >= 0.6 is 22.9 Å². The molecule has 0 bridgehead atoms. The molecule has 4 rings (SSSR count). The molecule has 1 aromatic heterocycles. The number of rotatable bonds is 11. The molecule has 0 unspecified atom stereocenters. The summed E-state index contributed by atoms with van der Waals surface area (Å²) in [6.07, 6.45) is -2.68. The van der Waals surface area contributed by atoms with Crippen LogP contribution in [0.3, 0.4) is 0 Å². The maximum absolute atomic E-state index is 14.1. The van der Waals surface area contributed by atoms with Crippen molar-refractivity contribution in [1.29, 1.82) is 0 Å². The highest BCUT2D eigenvalue weighted by Crippen LogP contribution is 2.39. The Hall–Kier alpha value is -2.67. The van der Waals surface area contributed by atoms with Crippen molar-refractivity contribution in [3.8, 4) is 0 Å². The van der Waals surface area contributed by atoms with Crippen molar-refractivity contribution in [2.24, 2.45) is 11.8 Å². The Morgan fingerprint density at radius 2 is 1.98 bits per heavy atom. The maximum Gasteiger partial charge on any atom is 0.418 e. The second-order valence-corrected chi connectivity index (χ2v) is 12.2. The Balaban J connectivity index is 1.57. The van der Waals surface area contributed by atoms with Gasteiger partial charge in [0.1, 0.15) is 12.6 Å². The fraction of sp³-hybridized carbons (Fsp3) is 0.519. The van der Waals surface area contributed by atoms with Crippen molar-refractivity contribution in [1.82, 2.24) is 10.2 Å².